The highest BCUT2D eigenvalue weighted by Crippen LogP contribution is 2.17. The summed E-state index contributed by atoms with van der Waals surface area (Å²) in [6.45, 7) is 0.777. The van der Waals surface area contributed by atoms with Crippen molar-refractivity contribution in [3.8, 4) is 5.75 Å². The molecule has 0 bridgehead atoms. The van der Waals surface area contributed by atoms with Gasteiger partial charge in [-0.2, -0.15) is 0 Å². The van der Waals surface area contributed by atoms with Crippen LogP contribution in [0.2, 0.25) is 0 Å². The van der Waals surface area contributed by atoms with Crippen LogP contribution < -0.4 is 4.74 Å². The molecule has 1 aromatic carbocycles. The first kappa shape index (κ1) is 11.7. The molecular formula is C13H13BrOS. The summed E-state index contributed by atoms with van der Waals surface area (Å²) in [5.41, 5.74) is 0. The predicted molar refractivity (Wildman–Crippen MR) is 72.3 cm³/mol. The summed E-state index contributed by atoms with van der Waals surface area (Å²) in [5.74, 6) is 0.939. The van der Waals surface area contributed by atoms with Crippen molar-refractivity contribution in [2.45, 2.75) is 12.8 Å². The van der Waals surface area contributed by atoms with Crippen molar-refractivity contribution >= 4 is 27.3 Å². The third kappa shape index (κ3) is 3.65. The van der Waals surface area contributed by atoms with Gasteiger partial charge in [0.2, 0.25) is 0 Å². The summed E-state index contributed by atoms with van der Waals surface area (Å²) in [6, 6.07) is 12.2. The van der Waals surface area contributed by atoms with Crippen molar-refractivity contribution in [2.75, 3.05) is 6.61 Å². The zero-order chi connectivity index (χ0) is 11.2. The van der Waals surface area contributed by atoms with Crippen LogP contribution in [0.15, 0.2) is 46.3 Å². The van der Waals surface area contributed by atoms with E-state index in [-0.39, 0.29) is 0 Å². The van der Waals surface area contributed by atoms with Gasteiger partial charge in [-0.05, 0) is 48.6 Å². The minimum atomic E-state index is 0.777. The SMILES string of the molecule is Brc1ccc(OCCCc2cccs2)cc1. The van der Waals surface area contributed by atoms with Crippen LogP contribution in [0.1, 0.15) is 11.3 Å². The molecule has 0 spiro atoms. The van der Waals surface area contributed by atoms with Crippen LogP contribution in [-0.4, -0.2) is 6.61 Å². The second kappa shape index (κ2) is 6.06. The van der Waals surface area contributed by atoms with Crippen LogP contribution in [0.25, 0.3) is 0 Å². The maximum absolute atomic E-state index is 5.64. The van der Waals surface area contributed by atoms with E-state index in [0.29, 0.717) is 0 Å². The van der Waals surface area contributed by atoms with Gasteiger partial charge in [0.05, 0.1) is 6.61 Å². The fraction of sp³-hybridized carbons (Fsp3) is 0.231. The van der Waals surface area contributed by atoms with Crippen LogP contribution in [0.4, 0.5) is 0 Å². The number of benzene rings is 1. The van der Waals surface area contributed by atoms with Crippen molar-refractivity contribution < 1.29 is 4.74 Å². The molecule has 84 valence electrons. The van der Waals surface area contributed by atoms with E-state index in [9.17, 15) is 0 Å². The van der Waals surface area contributed by atoms with E-state index in [1.54, 1.807) is 0 Å². The topological polar surface area (TPSA) is 9.23 Å². The van der Waals surface area contributed by atoms with Gasteiger partial charge in [-0.1, -0.05) is 22.0 Å². The normalized spacial score (nSPS) is 10.3. The van der Waals surface area contributed by atoms with Gasteiger partial charge in [0.1, 0.15) is 5.75 Å². The summed E-state index contributed by atoms with van der Waals surface area (Å²) < 4.78 is 6.72. The van der Waals surface area contributed by atoms with Gasteiger partial charge in [0, 0.05) is 9.35 Å². The maximum atomic E-state index is 5.64. The second-order valence-electron chi connectivity index (χ2n) is 3.49. The van der Waals surface area contributed by atoms with E-state index < -0.39 is 0 Å². The summed E-state index contributed by atoms with van der Waals surface area (Å²) in [7, 11) is 0. The van der Waals surface area contributed by atoms with Crippen LogP contribution in [0.3, 0.4) is 0 Å². The lowest BCUT2D eigenvalue weighted by molar-refractivity contribution is 0.311. The fourth-order valence-corrected chi connectivity index (χ4v) is 2.44. The number of halogens is 1. The van der Waals surface area contributed by atoms with Gasteiger partial charge in [-0.25, -0.2) is 0 Å². The van der Waals surface area contributed by atoms with Crippen molar-refractivity contribution in [1.29, 1.82) is 0 Å². The predicted octanol–water partition coefficient (Wildman–Crippen LogP) is 4.52. The molecule has 2 rings (SSSR count). The van der Waals surface area contributed by atoms with E-state index in [1.165, 1.54) is 4.88 Å². The van der Waals surface area contributed by atoms with E-state index in [2.05, 4.69) is 33.4 Å². The number of thiophene rings is 1. The minimum Gasteiger partial charge on any atom is -0.494 e. The van der Waals surface area contributed by atoms with E-state index in [1.807, 2.05) is 35.6 Å². The molecule has 0 aliphatic carbocycles. The Hall–Kier alpha value is -0.800. The van der Waals surface area contributed by atoms with Crippen LogP contribution in [0.5, 0.6) is 5.75 Å². The largest absolute Gasteiger partial charge is 0.494 e. The Balaban J connectivity index is 1.70. The molecule has 0 saturated carbocycles. The molecule has 16 heavy (non-hydrogen) atoms. The Kier molecular flexibility index (Phi) is 4.43. The van der Waals surface area contributed by atoms with Crippen LogP contribution in [0, 0.1) is 0 Å². The Bertz CT molecular complexity index is 408. The molecule has 0 saturated heterocycles. The second-order valence-corrected chi connectivity index (χ2v) is 5.43. The molecule has 0 aliphatic rings. The number of hydrogen-bond donors (Lipinski definition) is 0. The fourth-order valence-electron chi connectivity index (χ4n) is 1.42. The monoisotopic (exact) mass is 296 g/mol. The molecule has 0 fully saturated rings. The average molecular weight is 297 g/mol. The van der Waals surface area contributed by atoms with Gasteiger partial charge in [-0.3, -0.25) is 0 Å². The highest BCUT2D eigenvalue weighted by molar-refractivity contribution is 9.10. The quantitative estimate of drug-likeness (QED) is 0.737. The average Bonchev–Trinajstić information content (AvgIpc) is 2.80. The van der Waals surface area contributed by atoms with E-state index in [4.69, 9.17) is 4.74 Å². The number of rotatable bonds is 5. The Labute approximate surface area is 108 Å². The van der Waals surface area contributed by atoms with E-state index in [0.717, 1.165) is 29.7 Å². The van der Waals surface area contributed by atoms with Crippen molar-refractivity contribution in [1.82, 2.24) is 0 Å². The van der Waals surface area contributed by atoms with Gasteiger partial charge >= 0.3 is 0 Å². The molecule has 0 atom stereocenters. The van der Waals surface area contributed by atoms with Gasteiger partial charge in [-0.15, -0.1) is 11.3 Å². The number of ether oxygens (including phenoxy) is 1. The molecule has 0 amide bonds. The summed E-state index contributed by atoms with van der Waals surface area (Å²) in [5, 5.41) is 2.12. The molecule has 1 nitrogen and oxygen atoms in total. The maximum Gasteiger partial charge on any atom is 0.119 e. The first-order valence-electron chi connectivity index (χ1n) is 5.25. The van der Waals surface area contributed by atoms with Gasteiger partial charge < -0.3 is 4.74 Å². The summed E-state index contributed by atoms with van der Waals surface area (Å²) in [4.78, 5) is 1.43. The third-order valence-electron chi connectivity index (χ3n) is 2.23. The zero-order valence-electron chi connectivity index (χ0n) is 8.86. The van der Waals surface area contributed by atoms with Crippen LogP contribution in [-0.2, 0) is 6.42 Å². The molecule has 1 heterocycles. The summed E-state index contributed by atoms with van der Waals surface area (Å²) in [6.07, 6.45) is 2.17. The standard InChI is InChI=1S/C13H13BrOS/c14-11-5-7-12(8-6-11)15-9-1-3-13-4-2-10-16-13/h2,4-8,10H,1,3,9H2. The number of aryl methyl sites for hydroxylation is 1. The Morgan fingerprint density at radius 3 is 2.62 bits per heavy atom. The van der Waals surface area contributed by atoms with Crippen LogP contribution >= 0.6 is 27.3 Å². The Morgan fingerprint density at radius 2 is 1.94 bits per heavy atom. The van der Waals surface area contributed by atoms with Crippen molar-refractivity contribution in [3.05, 3.63) is 51.1 Å². The molecule has 0 radical (unpaired) electrons. The lowest BCUT2D eigenvalue weighted by atomic mass is 10.3. The highest BCUT2D eigenvalue weighted by atomic mass is 79.9. The van der Waals surface area contributed by atoms with Crippen molar-refractivity contribution in [3.63, 3.8) is 0 Å². The highest BCUT2D eigenvalue weighted by Gasteiger charge is 1.96. The summed E-state index contributed by atoms with van der Waals surface area (Å²) >= 11 is 5.21. The van der Waals surface area contributed by atoms with E-state index >= 15 is 0 Å². The smallest absolute Gasteiger partial charge is 0.119 e. The minimum absolute atomic E-state index is 0.777. The molecule has 2 aromatic rings. The lowest BCUT2D eigenvalue weighted by Gasteiger charge is -2.05. The first-order valence-corrected chi connectivity index (χ1v) is 6.92. The molecule has 0 aliphatic heterocycles. The van der Waals surface area contributed by atoms with Crippen molar-refractivity contribution in [2.24, 2.45) is 0 Å². The van der Waals surface area contributed by atoms with Gasteiger partial charge in [0.25, 0.3) is 0 Å². The lowest BCUT2D eigenvalue weighted by Crippen LogP contribution is -1.98. The molecule has 0 unspecified atom stereocenters. The Morgan fingerprint density at radius 1 is 1.12 bits per heavy atom. The molecule has 0 N–H and O–H groups in total. The van der Waals surface area contributed by atoms with Gasteiger partial charge in [0.15, 0.2) is 0 Å². The zero-order valence-corrected chi connectivity index (χ0v) is 11.3. The number of hydrogen-bond acceptors (Lipinski definition) is 2. The molecule has 3 heteroatoms. The third-order valence-corrected chi connectivity index (χ3v) is 3.69. The molecular weight excluding hydrogens is 284 g/mol. The first-order chi connectivity index (χ1) is 7.84. The molecule has 1 aromatic heterocycles.